The molecule has 1 saturated heterocycles. The standard InChI is InChI=1S/C14H17FN2O/c1-10-14(5-6-18-10)17(2)9-12-7-11(8-16)3-4-13(12)15/h3-4,7,10,14H,5-6,9H2,1-2H3. The van der Waals surface area contributed by atoms with Crippen LogP contribution in [0.25, 0.3) is 0 Å². The second-order valence-electron chi connectivity index (χ2n) is 4.77. The van der Waals surface area contributed by atoms with Crippen LogP contribution in [0.4, 0.5) is 4.39 Å². The highest BCUT2D eigenvalue weighted by Gasteiger charge is 2.28. The quantitative estimate of drug-likeness (QED) is 0.823. The molecule has 2 rings (SSSR count). The SMILES string of the molecule is CC1OCCC1N(C)Cc1cc(C#N)ccc1F. The number of rotatable bonds is 3. The number of hydrogen-bond donors (Lipinski definition) is 0. The van der Waals surface area contributed by atoms with Gasteiger partial charge in [0.05, 0.1) is 17.7 Å². The lowest BCUT2D eigenvalue weighted by Gasteiger charge is -2.26. The predicted molar refractivity (Wildman–Crippen MR) is 66.4 cm³/mol. The van der Waals surface area contributed by atoms with Crippen LogP contribution < -0.4 is 0 Å². The number of nitriles is 1. The Kier molecular flexibility index (Phi) is 3.95. The summed E-state index contributed by atoms with van der Waals surface area (Å²) in [6.07, 6.45) is 1.15. The van der Waals surface area contributed by atoms with Crippen LogP contribution in [0.15, 0.2) is 18.2 Å². The molecule has 0 aromatic heterocycles. The van der Waals surface area contributed by atoms with Crippen molar-refractivity contribution < 1.29 is 9.13 Å². The summed E-state index contributed by atoms with van der Waals surface area (Å²) in [5.41, 5.74) is 1.06. The van der Waals surface area contributed by atoms with Crippen molar-refractivity contribution in [2.24, 2.45) is 0 Å². The molecule has 18 heavy (non-hydrogen) atoms. The van der Waals surface area contributed by atoms with Crippen molar-refractivity contribution in [2.45, 2.75) is 32.0 Å². The van der Waals surface area contributed by atoms with Crippen LogP contribution in [0.3, 0.4) is 0 Å². The molecule has 0 amide bonds. The minimum atomic E-state index is -0.257. The highest BCUT2D eigenvalue weighted by Crippen LogP contribution is 2.21. The van der Waals surface area contributed by atoms with E-state index in [0.29, 0.717) is 23.7 Å². The third-order valence-corrected chi connectivity index (χ3v) is 3.50. The second kappa shape index (κ2) is 5.47. The minimum Gasteiger partial charge on any atom is -0.377 e. The molecule has 0 aliphatic carbocycles. The Morgan fingerprint density at radius 1 is 1.56 bits per heavy atom. The summed E-state index contributed by atoms with van der Waals surface area (Å²) in [6, 6.07) is 6.83. The Bertz CT molecular complexity index is 469. The van der Waals surface area contributed by atoms with Crippen LogP contribution in [0.2, 0.25) is 0 Å². The summed E-state index contributed by atoms with van der Waals surface area (Å²) in [5.74, 6) is -0.257. The number of halogens is 1. The van der Waals surface area contributed by atoms with Crippen LogP contribution in [0, 0.1) is 17.1 Å². The van der Waals surface area contributed by atoms with Gasteiger partial charge in [-0.2, -0.15) is 5.26 Å². The molecule has 0 spiro atoms. The lowest BCUT2D eigenvalue weighted by molar-refractivity contribution is 0.0811. The summed E-state index contributed by atoms with van der Waals surface area (Å²) in [5, 5.41) is 8.83. The van der Waals surface area contributed by atoms with Gasteiger partial charge in [0.25, 0.3) is 0 Å². The molecule has 1 heterocycles. The first-order valence-corrected chi connectivity index (χ1v) is 6.12. The van der Waals surface area contributed by atoms with Crippen LogP contribution in [-0.4, -0.2) is 30.7 Å². The maximum atomic E-state index is 13.7. The number of likely N-dealkylation sites (N-methyl/N-ethyl adjacent to an activating group) is 1. The van der Waals surface area contributed by atoms with E-state index in [4.69, 9.17) is 10.00 Å². The van der Waals surface area contributed by atoms with Crippen LogP contribution in [0.5, 0.6) is 0 Å². The predicted octanol–water partition coefficient (Wildman–Crippen LogP) is 2.31. The highest BCUT2D eigenvalue weighted by molar-refractivity contribution is 5.33. The highest BCUT2D eigenvalue weighted by atomic mass is 19.1. The van der Waals surface area contributed by atoms with Crippen molar-refractivity contribution in [1.29, 1.82) is 5.26 Å². The van der Waals surface area contributed by atoms with E-state index in [1.165, 1.54) is 12.1 Å². The average Bonchev–Trinajstić information content (AvgIpc) is 2.78. The Hall–Kier alpha value is -1.44. The average molecular weight is 248 g/mol. The van der Waals surface area contributed by atoms with Crippen molar-refractivity contribution in [1.82, 2.24) is 4.90 Å². The first-order chi connectivity index (χ1) is 8.61. The van der Waals surface area contributed by atoms with E-state index in [1.54, 1.807) is 6.07 Å². The van der Waals surface area contributed by atoms with Crippen molar-refractivity contribution >= 4 is 0 Å². The fourth-order valence-electron chi connectivity index (χ4n) is 2.45. The Labute approximate surface area is 107 Å². The van der Waals surface area contributed by atoms with E-state index in [0.717, 1.165) is 13.0 Å². The van der Waals surface area contributed by atoms with Crippen molar-refractivity contribution in [3.63, 3.8) is 0 Å². The zero-order chi connectivity index (χ0) is 13.1. The molecule has 1 fully saturated rings. The van der Waals surface area contributed by atoms with E-state index in [2.05, 4.69) is 4.90 Å². The summed E-state index contributed by atoms with van der Waals surface area (Å²) in [6.45, 7) is 3.30. The molecule has 2 atom stereocenters. The van der Waals surface area contributed by atoms with Gasteiger partial charge in [0, 0.05) is 24.8 Å². The zero-order valence-electron chi connectivity index (χ0n) is 10.7. The van der Waals surface area contributed by atoms with Crippen molar-refractivity contribution in [3.8, 4) is 6.07 Å². The molecule has 1 aliphatic rings. The van der Waals surface area contributed by atoms with Gasteiger partial charge in [-0.3, -0.25) is 4.90 Å². The normalized spacial score (nSPS) is 23.3. The van der Waals surface area contributed by atoms with E-state index in [9.17, 15) is 4.39 Å². The first kappa shape index (κ1) is 13.0. The molecule has 3 nitrogen and oxygen atoms in total. The molecular formula is C14H17FN2O. The molecular weight excluding hydrogens is 231 g/mol. The van der Waals surface area contributed by atoms with E-state index >= 15 is 0 Å². The maximum Gasteiger partial charge on any atom is 0.127 e. The van der Waals surface area contributed by atoms with Gasteiger partial charge >= 0.3 is 0 Å². The molecule has 1 aromatic carbocycles. The lowest BCUT2D eigenvalue weighted by atomic mass is 10.1. The summed E-state index contributed by atoms with van der Waals surface area (Å²) >= 11 is 0. The molecule has 1 aromatic rings. The molecule has 4 heteroatoms. The van der Waals surface area contributed by atoms with E-state index in [-0.39, 0.29) is 11.9 Å². The monoisotopic (exact) mass is 248 g/mol. The zero-order valence-corrected chi connectivity index (χ0v) is 10.7. The number of nitrogens with zero attached hydrogens (tertiary/aromatic N) is 2. The van der Waals surface area contributed by atoms with Gasteiger partial charge in [-0.25, -0.2) is 4.39 Å². The number of benzene rings is 1. The van der Waals surface area contributed by atoms with Gasteiger partial charge in [0.1, 0.15) is 5.82 Å². The maximum absolute atomic E-state index is 13.7. The molecule has 0 radical (unpaired) electrons. The van der Waals surface area contributed by atoms with E-state index in [1.807, 2.05) is 20.0 Å². The third-order valence-electron chi connectivity index (χ3n) is 3.50. The Morgan fingerprint density at radius 2 is 2.33 bits per heavy atom. The molecule has 0 N–H and O–H groups in total. The van der Waals surface area contributed by atoms with Gasteiger partial charge in [0.15, 0.2) is 0 Å². The number of hydrogen-bond acceptors (Lipinski definition) is 3. The van der Waals surface area contributed by atoms with Crippen LogP contribution in [0.1, 0.15) is 24.5 Å². The van der Waals surface area contributed by atoms with Crippen LogP contribution >= 0.6 is 0 Å². The third kappa shape index (κ3) is 2.69. The molecule has 1 aliphatic heterocycles. The van der Waals surface area contributed by atoms with Crippen molar-refractivity contribution in [2.75, 3.05) is 13.7 Å². The largest absolute Gasteiger partial charge is 0.377 e. The fourth-order valence-corrected chi connectivity index (χ4v) is 2.45. The summed E-state index contributed by atoms with van der Waals surface area (Å²) in [4.78, 5) is 2.09. The van der Waals surface area contributed by atoms with Crippen molar-refractivity contribution in [3.05, 3.63) is 35.1 Å². The summed E-state index contributed by atoms with van der Waals surface area (Å²) < 4.78 is 19.2. The van der Waals surface area contributed by atoms with Gasteiger partial charge in [0.2, 0.25) is 0 Å². The molecule has 0 saturated carbocycles. The van der Waals surface area contributed by atoms with Crippen LogP contribution in [-0.2, 0) is 11.3 Å². The lowest BCUT2D eigenvalue weighted by Crippen LogP contribution is -2.36. The second-order valence-corrected chi connectivity index (χ2v) is 4.77. The minimum absolute atomic E-state index is 0.178. The summed E-state index contributed by atoms with van der Waals surface area (Å²) in [7, 11) is 1.97. The van der Waals surface area contributed by atoms with Gasteiger partial charge < -0.3 is 4.74 Å². The fraction of sp³-hybridized carbons (Fsp3) is 0.500. The molecule has 96 valence electrons. The van der Waals surface area contributed by atoms with Gasteiger partial charge in [-0.05, 0) is 38.6 Å². The Morgan fingerprint density at radius 3 is 2.94 bits per heavy atom. The first-order valence-electron chi connectivity index (χ1n) is 6.12. The topological polar surface area (TPSA) is 36.3 Å². The molecule has 2 unspecified atom stereocenters. The smallest absolute Gasteiger partial charge is 0.127 e. The van der Waals surface area contributed by atoms with Gasteiger partial charge in [-0.1, -0.05) is 0 Å². The molecule has 0 bridgehead atoms. The number of ether oxygens (including phenoxy) is 1. The Balaban J connectivity index is 2.11. The van der Waals surface area contributed by atoms with Gasteiger partial charge in [-0.15, -0.1) is 0 Å². The van der Waals surface area contributed by atoms with E-state index < -0.39 is 0 Å².